The minimum absolute atomic E-state index is 0. The first-order chi connectivity index (χ1) is 8.34. The van der Waals surface area contributed by atoms with Crippen LogP contribution in [0.2, 0.25) is 0 Å². The van der Waals surface area contributed by atoms with E-state index in [-0.39, 0.29) is 24.6 Å². The van der Waals surface area contributed by atoms with Crippen LogP contribution in [-0.4, -0.2) is 29.4 Å². The molecule has 5 nitrogen and oxygen atoms in total. The molecule has 0 saturated carbocycles. The van der Waals surface area contributed by atoms with Crippen LogP contribution < -0.4 is 5.32 Å². The Morgan fingerprint density at radius 2 is 2.39 bits per heavy atom. The van der Waals surface area contributed by atoms with Gasteiger partial charge >= 0.3 is 0 Å². The van der Waals surface area contributed by atoms with Gasteiger partial charge < -0.3 is 14.6 Å². The van der Waals surface area contributed by atoms with E-state index in [2.05, 4.69) is 15.5 Å². The topological polar surface area (TPSA) is 60.2 Å². The largest absolute Gasteiger partial charge is 0.375 e. The lowest BCUT2D eigenvalue weighted by atomic mass is 10.1. The number of aromatic nitrogens is 2. The summed E-state index contributed by atoms with van der Waals surface area (Å²) in [5, 5.41) is 9.32. The average Bonchev–Trinajstić information content (AvgIpc) is 3.00. The zero-order chi connectivity index (χ0) is 11.7. The second kappa shape index (κ2) is 5.79. The average molecular weight is 288 g/mol. The van der Waals surface area contributed by atoms with Gasteiger partial charge in [0.15, 0.2) is 0 Å². The maximum Gasteiger partial charge on any atom is 0.246 e. The second-order valence-electron chi connectivity index (χ2n) is 3.94. The predicted octanol–water partition coefficient (Wildman–Crippen LogP) is 2.27. The number of hydrogen-bond donors (Lipinski definition) is 1. The number of thiophene rings is 1. The Hall–Kier alpha value is -0.950. The van der Waals surface area contributed by atoms with Crippen LogP contribution in [0, 0.1) is 0 Å². The highest BCUT2D eigenvalue weighted by Crippen LogP contribution is 2.25. The van der Waals surface area contributed by atoms with Gasteiger partial charge in [0, 0.05) is 6.54 Å². The summed E-state index contributed by atoms with van der Waals surface area (Å²) in [7, 11) is 0. The molecule has 1 aliphatic heterocycles. The first-order valence-electron chi connectivity index (χ1n) is 5.57. The molecule has 2 atom stereocenters. The lowest BCUT2D eigenvalue weighted by molar-refractivity contribution is -0.00136. The van der Waals surface area contributed by atoms with Crippen molar-refractivity contribution in [1.29, 1.82) is 0 Å². The molecule has 3 rings (SSSR count). The highest BCUT2D eigenvalue weighted by molar-refractivity contribution is 7.13. The van der Waals surface area contributed by atoms with E-state index >= 15 is 0 Å². The molecule has 0 aliphatic carbocycles. The molecule has 0 spiro atoms. The van der Waals surface area contributed by atoms with Gasteiger partial charge in [0.05, 0.1) is 17.6 Å². The van der Waals surface area contributed by atoms with Gasteiger partial charge in [0.2, 0.25) is 11.7 Å². The number of halogens is 1. The molecule has 98 valence electrons. The minimum Gasteiger partial charge on any atom is -0.375 e. The van der Waals surface area contributed by atoms with Crippen molar-refractivity contribution in [3.63, 3.8) is 0 Å². The summed E-state index contributed by atoms with van der Waals surface area (Å²) in [4.78, 5) is 5.43. The van der Waals surface area contributed by atoms with Crippen LogP contribution in [0.4, 0.5) is 0 Å². The summed E-state index contributed by atoms with van der Waals surface area (Å²) in [5.74, 6) is 1.25. The van der Waals surface area contributed by atoms with Crippen molar-refractivity contribution < 1.29 is 9.26 Å². The molecule has 1 saturated heterocycles. The van der Waals surface area contributed by atoms with Crippen LogP contribution in [-0.2, 0) is 4.74 Å². The molecule has 1 aliphatic rings. The number of morpholine rings is 1. The molecule has 0 bridgehead atoms. The Balaban J connectivity index is 0.00000120. The third-order valence-electron chi connectivity index (χ3n) is 2.77. The third-order valence-corrected chi connectivity index (χ3v) is 3.63. The molecule has 0 unspecified atom stereocenters. The van der Waals surface area contributed by atoms with Crippen LogP contribution in [0.3, 0.4) is 0 Å². The van der Waals surface area contributed by atoms with E-state index in [0.29, 0.717) is 11.7 Å². The van der Waals surface area contributed by atoms with Crippen molar-refractivity contribution in [3.05, 3.63) is 23.4 Å². The Kier molecular flexibility index (Phi) is 4.34. The fraction of sp³-hybridized carbons (Fsp3) is 0.455. The SMILES string of the molecule is C[C@H]1OCCN[C@@H]1c1nc(-c2cccs2)no1.Cl. The Bertz CT molecular complexity index is 488. The minimum atomic E-state index is -0.00929. The van der Waals surface area contributed by atoms with E-state index in [4.69, 9.17) is 9.26 Å². The van der Waals surface area contributed by atoms with E-state index in [0.717, 1.165) is 18.0 Å². The zero-order valence-electron chi connectivity index (χ0n) is 9.83. The van der Waals surface area contributed by atoms with E-state index < -0.39 is 0 Å². The van der Waals surface area contributed by atoms with E-state index in [1.54, 1.807) is 11.3 Å². The summed E-state index contributed by atoms with van der Waals surface area (Å²) in [6.45, 7) is 3.54. The number of hydrogen-bond acceptors (Lipinski definition) is 6. The van der Waals surface area contributed by atoms with Gasteiger partial charge in [-0.05, 0) is 18.4 Å². The van der Waals surface area contributed by atoms with Crippen LogP contribution in [0.1, 0.15) is 18.9 Å². The van der Waals surface area contributed by atoms with Crippen molar-refractivity contribution >= 4 is 23.7 Å². The van der Waals surface area contributed by atoms with Gasteiger partial charge in [-0.2, -0.15) is 4.98 Å². The number of nitrogens with one attached hydrogen (secondary N) is 1. The highest BCUT2D eigenvalue weighted by atomic mass is 35.5. The van der Waals surface area contributed by atoms with Gasteiger partial charge in [-0.3, -0.25) is 0 Å². The summed E-state index contributed by atoms with van der Waals surface area (Å²) in [5.41, 5.74) is 0. The van der Waals surface area contributed by atoms with Gasteiger partial charge in [-0.1, -0.05) is 11.2 Å². The smallest absolute Gasteiger partial charge is 0.246 e. The molecule has 2 aromatic heterocycles. The molecule has 0 radical (unpaired) electrons. The molecule has 0 amide bonds. The van der Waals surface area contributed by atoms with Crippen LogP contribution >= 0.6 is 23.7 Å². The molecular formula is C11H14ClN3O2S. The molecule has 2 aromatic rings. The number of ether oxygens (including phenoxy) is 1. The normalized spacial score (nSPS) is 23.6. The first kappa shape index (κ1) is 13.5. The van der Waals surface area contributed by atoms with Crippen molar-refractivity contribution in [1.82, 2.24) is 15.5 Å². The zero-order valence-corrected chi connectivity index (χ0v) is 11.5. The Morgan fingerprint density at radius 1 is 1.50 bits per heavy atom. The van der Waals surface area contributed by atoms with Crippen LogP contribution in [0.15, 0.2) is 22.0 Å². The van der Waals surface area contributed by atoms with Gasteiger partial charge in [-0.25, -0.2) is 0 Å². The summed E-state index contributed by atoms with van der Waals surface area (Å²) in [6.07, 6.45) is 0.0559. The van der Waals surface area contributed by atoms with Gasteiger partial charge in [0.1, 0.15) is 6.04 Å². The van der Waals surface area contributed by atoms with E-state index in [1.807, 2.05) is 24.4 Å². The molecule has 1 fully saturated rings. The first-order valence-corrected chi connectivity index (χ1v) is 6.45. The van der Waals surface area contributed by atoms with E-state index in [9.17, 15) is 0 Å². The Labute approximate surface area is 115 Å². The van der Waals surface area contributed by atoms with Crippen molar-refractivity contribution in [3.8, 4) is 10.7 Å². The maximum absolute atomic E-state index is 5.56. The Morgan fingerprint density at radius 3 is 3.11 bits per heavy atom. The third kappa shape index (κ3) is 2.56. The van der Waals surface area contributed by atoms with Crippen LogP contribution in [0.25, 0.3) is 10.7 Å². The van der Waals surface area contributed by atoms with Crippen molar-refractivity contribution in [2.75, 3.05) is 13.2 Å². The molecule has 1 N–H and O–H groups in total. The fourth-order valence-electron chi connectivity index (χ4n) is 1.88. The lowest BCUT2D eigenvalue weighted by Crippen LogP contribution is -2.40. The van der Waals surface area contributed by atoms with Gasteiger partial charge in [-0.15, -0.1) is 23.7 Å². The fourth-order valence-corrected chi connectivity index (χ4v) is 2.53. The molecule has 0 aromatic carbocycles. The summed E-state index contributed by atoms with van der Waals surface area (Å²) in [6, 6.07) is 3.94. The summed E-state index contributed by atoms with van der Waals surface area (Å²) < 4.78 is 10.9. The monoisotopic (exact) mass is 287 g/mol. The lowest BCUT2D eigenvalue weighted by Gasteiger charge is -2.27. The molecular weight excluding hydrogens is 274 g/mol. The maximum atomic E-state index is 5.56. The molecule has 7 heteroatoms. The molecule has 18 heavy (non-hydrogen) atoms. The van der Waals surface area contributed by atoms with Crippen molar-refractivity contribution in [2.24, 2.45) is 0 Å². The quantitative estimate of drug-likeness (QED) is 0.918. The van der Waals surface area contributed by atoms with E-state index in [1.165, 1.54) is 0 Å². The predicted molar refractivity (Wildman–Crippen MR) is 71.0 cm³/mol. The van der Waals surface area contributed by atoms with Gasteiger partial charge in [0.25, 0.3) is 0 Å². The second-order valence-corrected chi connectivity index (χ2v) is 4.89. The molecule has 3 heterocycles. The number of nitrogens with zero attached hydrogens (tertiary/aromatic N) is 2. The highest BCUT2D eigenvalue weighted by Gasteiger charge is 2.28. The standard InChI is InChI=1S/C11H13N3O2S.ClH/c1-7-9(12-4-5-15-7)11-13-10(14-16-11)8-3-2-6-17-8;/h2-3,6-7,9,12H,4-5H2,1H3;1H/t7-,9+;/m1./s1. The summed E-state index contributed by atoms with van der Waals surface area (Å²) >= 11 is 1.60. The van der Waals surface area contributed by atoms with Crippen molar-refractivity contribution in [2.45, 2.75) is 19.1 Å². The number of rotatable bonds is 2. The van der Waals surface area contributed by atoms with Crippen LogP contribution in [0.5, 0.6) is 0 Å².